The van der Waals surface area contributed by atoms with Gasteiger partial charge in [0.05, 0.1) is 29.6 Å². The van der Waals surface area contributed by atoms with E-state index < -0.39 is 16.0 Å². The van der Waals surface area contributed by atoms with Gasteiger partial charge in [-0.3, -0.25) is 4.68 Å². The lowest BCUT2D eigenvalue weighted by atomic mass is 10.1. The van der Waals surface area contributed by atoms with Crippen molar-refractivity contribution in [3.05, 3.63) is 83.4 Å². The number of carbonyl (C=O) groups excluding carboxylic acids is 1. The number of rotatable bonds is 7. The molecule has 4 aromatic rings. The fraction of sp³-hybridized carbons (Fsp3) is 0.130. The predicted molar refractivity (Wildman–Crippen MR) is 123 cm³/mol. The molecule has 0 aliphatic heterocycles. The standard InChI is InChI=1S/C23H22N4O5S/c1-15-7-3-6-10-21(15)33(29,30)26-32-23(28)16-11-12-17(20(13-16)31-2)14-27-19-9-5-4-8-18(19)22(24)25-27/h3-13,26H,14H2,1-2H3,(H2,24,25). The first kappa shape index (κ1) is 22.3. The molecule has 0 unspecified atom stereocenters. The number of methoxy groups -OCH3 is 1. The van der Waals surface area contributed by atoms with Crippen LogP contribution < -0.4 is 15.4 Å². The van der Waals surface area contributed by atoms with Crippen LogP contribution in [0.2, 0.25) is 0 Å². The zero-order valence-electron chi connectivity index (χ0n) is 18.0. The normalized spacial score (nSPS) is 11.5. The zero-order valence-corrected chi connectivity index (χ0v) is 18.8. The molecule has 0 spiro atoms. The summed E-state index contributed by atoms with van der Waals surface area (Å²) < 4.78 is 32.1. The van der Waals surface area contributed by atoms with E-state index in [2.05, 4.69) is 5.10 Å². The van der Waals surface area contributed by atoms with Crippen LogP contribution >= 0.6 is 0 Å². The van der Waals surface area contributed by atoms with Crippen LogP contribution in [0.3, 0.4) is 0 Å². The van der Waals surface area contributed by atoms with Crippen LogP contribution in [0.15, 0.2) is 71.6 Å². The van der Waals surface area contributed by atoms with E-state index in [0.29, 0.717) is 23.7 Å². The summed E-state index contributed by atoms with van der Waals surface area (Å²) in [7, 11) is -2.55. The van der Waals surface area contributed by atoms with Gasteiger partial charge in [0.25, 0.3) is 10.0 Å². The molecule has 0 bridgehead atoms. The highest BCUT2D eigenvalue weighted by Crippen LogP contribution is 2.25. The summed E-state index contributed by atoms with van der Waals surface area (Å²) >= 11 is 0. The number of ether oxygens (including phenoxy) is 1. The Bertz CT molecular complexity index is 1450. The number of hydrogen-bond donors (Lipinski definition) is 2. The molecule has 3 aromatic carbocycles. The van der Waals surface area contributed by atoms with Crippen molar-refractivity contribution in [3.63, 3.8) is 0 Å². The van der Waals surface area contributed by atoms with Crippen molar-refractivity contribution in [2.75, 3.05) is 12.8 Å². The van der Waals surface area contributed by atoms with E-state index in [1.807, 2.05) is 29.2 Å². The maximum absolute atomic E-state index is 12.5. The Morgan fingerprint density at radius 1 is 1.09 bits per heavy atom. The first-order chi connectivity index (χ1) is 15.8. The van der Waals surface area contributed by atoms with Gasteiger partial charge in [-0.1, -0.05) is 36.4 Å². The number of para-hydroxylation sites is 1. The van der Waals surface area contributed by atoms with Crippen molar-refractivity contribution in [2.24, 2.45) is 0 Å². The predicted octanol–water partition coefficient (Wildman–Crippen LogP) is 3.03. The summed E-state index contributed by atoms with van der Waals surface area (Å²) in [4.78, 5) is 19.2. The van der Waals surface area contributed by atoms with E-state index in [9.17, 15) is 13.2 Å². The van der Waals surface area contributed by atoms with Crippen molar-refractivity contribution in [2.45, 2.75) is 18.4 Å². The molecule has 0 saturated heterocycles. The van der Waals surface area contributed by atoms with Gasteiger partial charge in [-0.2, -0.15) is 5.10 Å². The lowest BCUT2D eigenvalue weighted by Gasteiger charge is -2.12. The third kappa shape index (κ3) is 4.52. The molecule has 10 heteroatoms. The Morgan fingerprint density at radius 2 is 1.82 bits per heavy atom. The van der Waals surface area contributed by atoms with Crippen molar-refractivity contribution in [3.8, 4) is 5.75 Å². The molecule has 170 valence electrons. The van der Waals surface area contributed by atoms with Crippen molar-refractivity contribution in [1.29, 1.82) is 0 Å². The summed E-state index contributed by atoms with van der Waals surface area (Å²) in [5.74, 6) is -0.0270. The van der Waals surface area contributed by atoms with Gasteiger partial charge in [-0.25, -0.2) is 13.2 Å². The molecule has 0 aliphatic carbocycles. The largest absolute Gasteiger partial charge is 0.496 e. The lowest BCUT2D eigenvalue weighted by Crippen LogP contribution is -2.28. The third-order valence-corrected chi connectivity index (χ3v) is 6.50. The molecule has 0 saturated carbocycles. The molecule has 33 heavy (non-hydrogen) atoms. The third-order valence-electron chi connectivity index (χ3n) is 5.16. The Hall–Kier alpha value is -3.89. The lowest BCUT2D eigenvalue weighted by molar-refractivity contribution is 0.0407. The van der Waals surface area contributed by atoms with E-state index in [1.165, 1.54) is 25.3 Å². The number of aromatic nitrogens is 2. The van der Waals surface area contributed by atoms with E-state index in [0.717, 1.165) is 16.5 Å². The average molecular weight is 467 g/mol. The van der Waals surface area contributed by atoms with Crippen LogP contribution in [-0.4, -0.2) is 31.3 Å². The Kier molecular flexibility index (Phi) is 6.03. The second kappa shape index (κ2) is 8.93. The average Bonchev–Trinajstić information content (AvgIpc) is 3.13. The van der Waals surface area contributed by atoms with Crippen LogP contribution in [0.25, 0.3) is 10.9 Å². The van der Waals surface area contributed by atoms with Gasteiger partial charge < -0.3 is 15.3 Å². The minimum Gasteiger partial charge on any atom is -0.496 e. The van der Waals surface area contributed by atoms with Crippen LogP contribution in [0.4, 0.5) is 5.82 Å². The fourth-order valence-electron chi connectivity index (χ4n) is 3.49. The number of nitrogens with two attached hydrogens (primary N) is 1. The molecule has 1 heterocycles. The molecule has 4 rings (SSSR count). The summed E-state index contributed by atoms with van der Waals surface area (Å²) in [6.45, 7) is 2.01. The number of sulfonamides is 1. The summed E-state index contributed by atoms with van der Waals surface area (Å²) in [6.07, 6.45) is 0. The van der Waals surface area contributed by atoms with Gasteiger partial charge in [0.2, 0.25) is 0 Å². The van der Waals surface area contributed by atoms with Gasteiger partial charge in [-0.05, 0) is 47.7 Å². The number of benzene rings is 3. The van der Waals surface area contributed by atoms with E-state index >= 15 is 0 Å². The molecule has 0 radical (unpaired) electrons. The summed E-state index contributed by atoms with van der Waals surface area (Å²) in [5.41, 5.74) is 8.27. The molecular weight excluding hydrogens is 444 g/mol. The zero-order chi connectivity index (χ0) is 23.6. The fourth-order valence-corrected chi connectivity index (χ4v) is 4.52. The second-order valence-electron chi connectivity index (χ2n) is 7.33. The topological polar surface area (TPSA) is 126 Å². The van der Waals surface area contributed by atoms with Gasteiger partial charge in [0, 0.05) is 10.9 Å². The maximum atomic E-state index is 12.5. The molecule has 0 atom stereocenters. The Labute approximate surface area is 190 Å². The van der Waals surface area contributed by atoms with Gasteiger partial charge in [-0.15, -0.1) is 0 Å². The van der Waals surface area contributed by atoms with Crippen LogP contribution in [0.5, 0.6) is 5.75 Å². The van der Waals surface area contributed by atoms with Crippen LogP contribution in [-0.2, 0) is 21.4 Å². The van der Waals surface area contributed by atoms with Crippen molar-refractivity contribution >= 4 is 32.7 Å². The number of nitrogens with one attached hydrogen (secondary N) is 1. The molecule has 0 fully saturated rings. The first-order valence-electron chi connectivity index (χ1n) is 9.96. The highest BCUT2D eigenvalue weighted by Gasteiger charge is 2.20. The first-order valence-corrected chi connectivity index (χ1v) is 11.4. The number of nitrogens with zero attached hydrogens (tertiary/aromatic N) is 2. The number of carbonyl (C=O) groups is 1. The molecule has 0 aliphatic rings. The molecular formula is C23H22N4O5S. The summed E-state index contributed by atoms with van der Waals surface area (Å²) in [6, 6.07) is 18.7. The number of fused-ring (bicyclic) bond motifs is 1. The SMILES string of the molecule is COc1cc(C(=O)ONS(=O)(=O)c2ccccc2C)ccc1Cn1nc(N)c2ccccc21. The Morgan fingerprint density at radius 3 is 2.58 bits per heavy atom. The number of aryl methyl sites for hydroxylation is 1. The smallest absolute Gasteiger partial charge is 0.357 e. The van der Waals surface area contributed by atoms with Crippen molar-refractivity contribution in [1.82, 2.24) is 14.7 Å². The van der Waals surface area contributed by atoms with Crippen LogP contribution in [0.1, 0.15) is 21.5 Å². The number of hydrogen-bond acceptors (Lipinski definition) is 7. The van der Waals surface area contributed by atoms with Gasteiger partial charge in [0.15, 0.2) is 5.82 Å². The highest BCUT2D eigenvalue weighted by molar-refractivity contribution is 7.89. The molecule has 3 N–H and O–H groups in total. The maximum Gasteiger partial charge on any atom is 0.357 e. The van der Waals surface area contributed by atoms with Crippen molar-refractivity contribution < 1.29 is 22.8 Å². The molecule has 1 aromatic heterocycles. The van der Waals surface area contributed by atoms with E-state index in [1.54, 1.807) is 35.9 Å². The minimum atomic E-state index is -4.02. The van der Waals surface area contributed by atoms with E-state index in [4.69, 9.17) is 15.3 Å². The second-order valence-corrected chi connectivity index (χ2v) is 8.94. The Balaban J connectivity index is 1.53. The highest BCUT2D eigenvalue weighted by atomic mass is 32.2. The molecule has 9 nitrogen and oxygen atoms in total. The monoisotopic (exact) mass is 466 g/mol. The number of anilines is 1. The summed E-state index contributed by atoms with van der Waals surface area (Å²) in [5, 5.41) is 5.23. The van der Waals surface area contributed by atoms with Gasteiger partial charge >= 0.3 is 5.97 Å². The van der Waals surface area contributed by atoms with E-state index in [-0.39, 0.29) is 10.5 Å². The molecule has 0 amide bonds. The van der Waals surface area contributed by atoms with Gasteiger partial charge in [0.1, 0.15) is 5.75 Å². The minimum absolute atomic E-state index is 0.0245. The quantitative estimate of drug-likeness (QED) is 0.401. The number of nitrogen functional groups attached to an aromatic ring is 1. The van der Waals surface area contributed by atoms with Crippen LogP contribution in [0, 0.1) is 6.92 Å².